The Morgan fingerprint density at radius 2 is 1.59 bits per heavy atom. The number of nitrogens with zero attached hydrogens (tertiary/aromatic N) is 1. The highest BCUT2D eigenvalue weighted by molar-refractivity contribution is 6.00. The first-order chi connectivity index (χ1) is 18.9. The first-order valence-corrected chi connectivity index (χ1v) is 12.8. The summed E-state index contributed by atoms with van der Waals surface area (Å²) < 4.78 is 16.1. The Labute approximate surface area is 226 Å². The van der Waals surface area contributed by atoms with Crippen molar-refractivity contribution in [2.24, 2.45) is 5.92 Å². The van der Waals surface area contributed by atoms with E-state index in [2.05, 4.69) is 5.32 Å². The van der Waals surface area contributed by atoms with Gasteiger partial charge in [-0.15, -0.1) is 0 Å². The van der Waals surface area contributed by atoms with Gasteiger partial charge in [0.1, 0.15) is 11.5 Å². The van der Waals surface area contributed by atoms with Crippen molar-refractivity contribution >= 4 is 35.1 Å². The average molecular weight is 531 g/mol. The molecule has 202 valence electrons. The normalized spacial score (nSPS) is 14.5. The predicted molar refractivity (Wildman–Crippen MR) is 145 cm³/mol. The second kappa shape index (κ2) is 13.2. The molecule has 0 aromatic heterocycles. The molecular weight excluding hydrogens is 500 g/mol. The van der Waals surface area contributed by atoms with Gasteiger partial charge in [-0.2, -0.15) is 0 Å². The molecule has 0 saturated carbocycles. The molecular formula is C30H30N2O7. The first kappa shape index (κ1) is 27.4. The minimum atomic E-state index is -0.696. The van der Waals surface area contributed by atoms with E-state index in [1.807, 2.05) is 37.3 Å². The third-order valence-electron chi connectivity index (χ3n) is 6.07. The molecule has 3 aromatic rings. The minimum Gasteiger partial charge on any atom is -0.462 e. The zero-order valence-corrected chi connectivity index (χ0v) is 21.6. The highest BCUT2D eigenvalue weighted by Gasteiger charge is 2.36. The van der Waals surface area contributed by atoms with Gasteiger partial charge in [0.15, 0.2) is 6.61 Å². The van der Waals surface area contributed by atoms with Crippen molar-refractivity contribution in [2.75, 3.05) is 30.0 Å². The molecule has 0 spiro atoms. The Morgan fingerprint density at radius 1 is 0.897 bits per heavy atom. The van der Waals surface area contributed by atoms with E-state index >= 15 is 0 Å². The Morgan fingerprint density at radius 3 is 2.28 bits per heavy atom. The summed E-state index contributed by atoms with van der Waals surface area (Å²) in [5.41, 5.74) is 1.48. The molecule has 9 heteroatoms. The maximum Gasteiger partial charge on any atom is 0.338 e. The zero-order valence-electron chi connectivity index (χ0n) is 21.6. The fourth-order valence-corrected chi connectivity index (χ4v) is 3.97. The molecule has 0 radical (unpaired) electrons. The van der Waals surface area contributed by atoms with Crippen LogP contribution in [0.15, 0.2) is 78.9 Å². The van der Waals surface area contributed by atoms with E-state index in [9.17, 15) is 19.2 Å². The molecule has 1 aliphatic rings. The van der Waals surface area contributed by atoms with Crippen molar-refractivity contribution < 1.29 is 33.4 Å². The van der Waals surface area contributed by atoms with E-state index in [1.165, 1.54) is 4.90 Å². The Balaban J connectivity index is 1.23. The molecule has 1 saturated heterocycles. The molecule has 1 heterocycles. The Kier molecular flexibility index (Phi) is 9.29. The van der Waals surface area contributed by atoms with Crippen LogP contribution in [0, 0.1) is 5.92 Å². The number of benzene rings is 3. The number of para-hydroxylation sites is 1. The maximum absolute atomic E-state index is 12.6. The van der Waals surface area contributed by atoms with Crippen LogP contribution in [0.2, 0.25) is 0 Å². The summed E-state index contributed by atoms with van der Waals surface area (Å²) in [4.78, 5) is 50.9. The number of amides is 2. The van der Waals surface area contributed by atoms with Crippen LogP contribution < -0.4 is 15.0 Å². The molecule has 9 nitrogen and oxygen atoms in total. The number of esters is 2. The number of rotatable bonds is 11. The number of carbonyl (C=O) groups excluding carboxylic acids is 4. The van der Waals surface area contributed by atoms with Crippen LogP contribution >= 0.6 is 0 Å². The lowest BCUT2D eigenvalue weighted by Crippen LogP contribution is -2.28. The molecule has 0 bridgehead atoms. The van der Waals surface area contributed by atoms with E-state index in [-0.39, 0.29) is 18.9 Å². The topological polar surface area (TPSA) is 111 Å². The lowest BCUT2D eigenvalue weighted by atomic mass is 10.1. The quantitative estimate of drug-likeness (QED) is 0.275. The smallest absolute Gasteiger partial charge is 0.338 e. The van der Waals surface area contributed by atoms with E-state index in [0.29, 0.717) is 35.0 Å². The minimum absolute atomic E-state index is 0.0237. The zero-order chi connectivity index (χ0) is 27.6. The van der Waals surface area contributed by atoms with Crippen molar-refractivity contribution in [1.29, 1.82) is 0 Å². The van der Waals surface area contributed by atoms with E-state index in [0.717, 1.165) is 12.8 Å². The number of anilines is 2. The van der Waals surface area contributed by atoms with Crippen LogP contribution in [0.1, 0.15) is 36.5 Å². The number of nitrogens with one attached hydrogen (secondary N) is 1. The Hall–Kier alpha value is -4.66. The lowest BCUT2D eigenvalue weighted by Gasteiger charge is -2.17. The number of ether oxygens (including phenoxy) is 3. The van der Waals surface area contributed by atoms with Gasteiger partial charge in [-0.05, 0) is 67.1 Å². The Bertz CT molecular complexity index is 1290. The van der Waals surface area contributed by atoms with Crippen molar-refractivity contribution in [3.63, 3.8) is 0 Å². The molecule has 1 fully saturated rings. The van der Waals surface area contributed by atoms with Crippen molar-refractivity contribution in [3.8, 4) is 11.5 Å². The van der Waals surface area contributed by atoms with Crippen molar-refractivity contribution in [2.45, 2.75) is 26.2 Å². The number of hydrogen-bond acceptors (Lipinski definition) is 7. The second-order valence-corrected chi connectivity index (χ2v) is 9.04. The van der Waals surface area contributed by atoms with Crippen molar-refractivity contribution in [3.05, 3.63) is 84.4 Å². The molecule has 39 heavy (non-hydrogen) atoms. The summed E-state index contributed by atoms with van der Waals surface area (Å²) in [6.07, 6.45) is 1.70. The van der Waals surface area contributed by atoms with Gasteiger partial charge in [0, 0.05) is 24.3 Å². The highest BCUT2D eigenvalue weighted by Crippen LogP contribution is 2.27. The molecule has 2 amide bonds. The van der Waals surface area contributed by atoms with E-state index < -0.39 is 30.4 Å². The van der Waals surface area contributed by atoms with E-state index in [1.54, 1.807) is 48.5 Å². The summed E-state index contributed by atoms with van der Waals surface area (Å²) in [5.74, 6) is -1.16. The number of unbranched alkanes of at least 4 members (excludes halogenated alkanes) is 1. The fraction of sp³-hybridized carbons (Fsp3) is 0.267. The summed E-state index contributed by atoms with van der Waals surface area (Å²) >= 11 is 0. The van der Waals surface area contributed by atoms with Gasteiger partial charge in [0.25, 0.3) is 5.91 Å². The van der Waals surface area contributed by atoms with Crippen LogP contribution in [-0.2, 0) is 23.9 Å². The second-order valence-electron chi connectivity index (χ2n) is 9.04. The molecule has 1 aliphatic heterocycles. The summed E-state index contributed by atoms with van der Waals surface area (Å²) in [5, 5.41) is 2.67. The van der Waals surface area contributed by atoms with Gasteiger partial charge < -0.3 is 24.4 Å². The first-order valence-electron chi connectivity index (χ1n) is 12.8. The van der Waals surface area contributed by atoms with Gasteiger partial charge >= 0.3 is 11.9 Å². The average Bonchev–Trinajstić information content (AvgIpc) is 3.35. The molecule has 0 unspecified atom stereocenters. The van der Waals surface area contributed by atoms with Crippen LogP contribution in [0.25, 0.3) is 0 Å². The summed E-state index contributed by atoms with van der Waals surface area (Å²) in [6.45, 7) is 2.03. The van der Waals surface area contributed by atoms with Crippen LogP contribution in [0.4, 0.5) is 11.4 Å². The van der Waals surface area contributed by atoms with Crippen LogP contribution in [-0.4, -0.2) is 43.5 Å². The molecule has 1 N–H and O–H groups in total. The van der Waals surface area contributed by atoms with Gasteiger partial charge in [0.2, 0.25) is 5.91 Å². The molecule has 4 rings (SSSR count). The van der Waals surface area contributed by atoms with Gasteiger partial charge in [-0.3, -0.25) is 14.4 Å². The van der Waals surface area contributed by atoms with Crippen LogP contribution in [0.3, 0.4) is 0 Å². The highest BCUT2D eigenvalue weighted by atomic mass is 16.5. The number of hydrogen-bond donors (Lipinski definition) is 1. The molecule has 3 aromatic carbocycles. The summed E-state index contributed by atoms with van der Waals surface area (Å²) in [7, 11) is 0. The van der Waals surface area contributed by atoms with Gasteiger partial charge in [-0.1, -0.05) is 31.5 Å². The SMILES string of the molecule is CCCCOC(=O)c1ccc(N2C[C@H](C(=O)OCC(=O)Nc3ccc(Oc4ccccc4)cc3)CC2=O)cc1. The monoisotopic (exact) mass is 530 g/mol. The standard InChI is InChI=1S/C30H30N2O7/c1-2-3-17-37-29(35)21-9-13-24(14-10-21)32-19-22(18-28(32)34)30(36)38-20-27(33)31-23-11-15-26(16-12-23)39-25-7-5-4-6-8-25/h4-16,22H,2-3,17-20H2,1H3,(H,31,33)/t22-/m1/s1. The van der Waals surface area contributed by atoms with E-state index in [4.69, 9.17) is 14.2 Å². The molecule has 1 atom stereocenters. The number of carbonyl (C=O) groups is 4. The van der Waals surface area contributed by atoms with Gasteiger partial charge in [-0.25, -0.2) is 4.79 Å². The maximum atomic E-state index is 12.6. The third-order valence-corrected chi connectivity index (χ3v) is 6.07. The predicted octanol–water partition coefficient (Wildman–Crippen LogP) is 4.97. The third kappa shape index (κ3) is 7.67. The van der Waals surface area contributed by atoms with Crippen LogP contribution in [0.5, 0.6) is 11.5 Å². The largest absolute Gasteiger partial charge is 0.462 e. The van der Waals surface area contributed by atoms with Gasteiger partial charge in [0.05, 0.1) is 18.1 Å². The van der Waals surface area contributed by atoms with Crippen molar-refractivity contribution in [1.82, 2.24) is 0 Å². The fourth-order valence-electron chi connectivity index (χ4n) is 3.97. The lowest BCUT2D eigenvalue weighted by molar-refractivity contribution is -0.151. The summed E-state index contributed by atoms with van der Waals surface area (Å²) in [6, 6.07) is 22.6. The molecule has 0 aliphatic carbocycles.